The molecule has 4 heteroatoms. The summed E-state index contributed by atoms with van der Waals surface area (Å²) in [6.45, 7) is 1.44. The Labute approximate surface area is 98.3 Å². The molecule has 1 heterocycles. The first-order chi connectivity index (χ1) is 7.29. The lowest BCUT2D eigenvalue weighted by atomic mass is 9.59. The van der Waals surface area contributed by atoms with Gasteiger partial charge in [0.25, 0.3) is 0 Å². The van der Waals surface area contributed by atoms with Gasteiger partial charge in [0, 0.05) is 23.1 Å². The Hall–Kier alpha value is 0.360. The fourth-order valence-electron chi connectivity index (χ4n) is 3.83. The van der Waals surface area contributed by atoms with Gasteiger partial charge in [0.05, 0.1) is 19.3 Å². The Morgan fingerprint density at radius 3 is 2.67 bits per heavy atom. The summed E-state index contributed by atoms with van der Waals surface area (Å²) >= 11 is 3.48. The lowest BCUT2D eigenvalue weighted by Gasteiger charge is -2.56. The molecule has 3 rings (SSSR count). The molecule has 0 aromatic heterocycles. The van der Waals surface area contributed by atoms with Crippen molar-refractivity contribution < 1.29 is 14.6 Å². The van der Waals surface area contributed by atoms with Gasteiger partial charge < -0.3 is 14.6 Å². The Morgan fingerprint density at radius 2 is 2.00 bits per heavy atom. The molecule has 0 aromatic rings. The number of halogens is 1. The molecular weight excluding hydrogens is 260 g/mol. The highest BCUT2D eigenvalue weighted by atomic mass is 79.9. The molecule has 0 radical (unpaired) electrons. The average molecular weight is 277 g/mol. The van der Waals surface area contributed by atoms with Crippen molar-refractivity contribution in [3.8, 4) is 0 Å². The monoisotopic (exact) mass is 276 g/mol. The molecule has 1 unspecified atom stereocenters. The Morgan fingerprint density at radius 1 is 1.27 bits per heavy atom. The summed E-state index contributed by atoms with van der Waals surface area (Å²) in [6.07, 6.45) is 2.89. The second-order valence-corrected chi connectivity index (χ2v) is 5.62. The van der Waals surface area contributed by atoms with Crippen molar-refractivity contribution in [3.05, 3.63) is 0 Å². The van der Waals surface area contributed by atoms with Crippen LogP contribution in [0, 0.1) is 17.8 Å². The number of aliphatic hydroxyl groups excluding tert-OH is 1. The van der Waals surface area contributed by atoms with Gasteiger partial charge >= 0.3 is 0 Å². The molecule has 0 amide bonds. The summed E-state index contributed by atoms with van der Waals surface area (Å²) in [6, 6.07) is 0. The topological polar surface area (TPSA) is 38.7 Å². The van der Waals surface area contributed by atoms with Gasteiger partial charge in [-0.05, 0) is 19.3 Å². The van der Waals surface area contributed by atoms with Crippen LogP contribution in [0.3, 0.4) is 0 Å². The molecule has 3 fully saturated rings. The van der Waals surface area contributed by atoms with Crippen LogP contribution >= 0.6 is 15.9 Å². The summed E-state index contributed by atoms with van der Waals surface area (Å²) in [5.74, 6) is 0.928. The van der Waals surface area contributed by atoms with Gasteiger partial charge in [-0.1, -0.05) is 15.9 Å². The molecule has 1 spiro atoms. The maximum atomic E-state index is 9.93. The van der Waals surface area contributed by atoms with E-state index in [1.54, 1.807) is 0 Å². The van der Waals surface area contributed by atoms with E-state index in [1.807, 2.05) is 0 Å². The van der Waals surface area contributed by atoms with Crippen molar-refractivity contribution in [3.63, 3.8) is 0 Å². The van der Waals surface area contributed by atoms with Crippen LogP contribution < -0.4 is 0 Å². The zero-order chi connectivity index (χ0) is 10.5. The second kappa shape index (κ2) is 3.69. The van der Waals surface area contributed by atoms with Crippen molar-refractivity contribution in [2.24, 2.45) is 17.8 Å². The van der Waals surface area contributed by atoms with Crippen molar-refractivity contribution in [2.75, 3.05) is 18.5 Å². The lowest BCUT2D eigenvalue weighted by Crippen LogP contribution is -2.63. The fraction of sp³-hybridized carbons (Fsp3) is 1.00. The van der Waals surface area contributed by atoms with Crippen LogP contribution in [0.2, 0.25) is 0 Å². The number of rotatable bonds is 2. The SMILES string of the molecule is OC1CC[C@H]2[C@@H]1[C@@H](CCBr)C21OCCO1. The van der Waals surface area contributed by atoms with E-state index in [0.717, 1.165) is 37.8 Å². The van der Waals surface area contributed by atoms with Crippen LogP contribution in [0.1, 0.15) is 19.3 Å². The first-order valence-electron chi connectivity index (χ1n) is 5.81. The number of aliphatic hydroxyl groups is 1. The Kier molecular flexibility index (Phi) is 2.58. The number of ether oxygens (including phenoxy) is 2. The molecule has 86 valence electrons. The van der Waals surface area contributed by atoms with E-state index in [9.17, 15) is 5.11 Å². The highest BCUT2D eigenvalue weighted by molar-refractivity contribution is 9.09. The Balaban J connectivity index is 1.82. The highest BCUT2D eigenvalue weighted by Crippen LogP contribution is 2.62. The molecule has 0 aromatic carbocycles. The predicted molar refractivity (Wildman–Crippen MR) is 58.8 cm³/mol. The van der Waals surface area contributed by atoms with Crippen LogP contribution in [-0.2, 0) is 9.47 Å². The number of alkyl halides is 1. The third kappa shape index (κ3) is 1.28. The molecule has 1 N–H and O–H groups in total. The van der Waals surface area contributed by atoms with Crippen LogP contribution in [-0.4, -0.2) is 35.5 Å². The van der Waals surface area contributed by atoms with Crippen LogP contribution in [0.25, 0.3) is 0 Å². The van der Waals surface area contributed by atoms with E-state index in [-0.39, 0.29) is 11.9 Å². The van der Waals surface area contributed by atoms with Gasteiger partial charge in [0.2, 0.25) is 0 Å². The van der Waals surface area contributed by atoms with E-state index >= 15 is 0 Å². The van der Waals surface area contributed by atoms with Crippen LogP contribution in [0.15, 0.2) is 0 Å². The van der Waals surface area contributed by atoms with Crippen molar-refractivity contribution in [1.82, 2.24) is 0 Å². The maximum Gasteiger partial charge on any atom is 0.174 e. The maximum absolute atomic E-state index is 9.93. The summed E-state index contributed by atoms with van der Waals surface area (Å²) in [5.41, 5.74) is 0. The normalized spacial score (nSPS) is 46.8. The minimum Gasteiger partial charge on any atom is -0.393 e. The summed E-state index contributed by atoms with van der Waals surface area (Å²) < 4.78 is 11.7. The molecule has 4 atom stereocenters. The summed E-state index contributed by atoms with van der Waals surface area (Å²) in [7, 11) is 0. The zero-order valence-corrected chi connectivity index (χ0v) is 10.3. The van der Waals surface area contributed by atoms with E-state index in [0.29, 0.717) is 17.8 Å². The highest BCUT2D eigenvalue weighted by Gasteiger charge is 2.68. The van der Waals surface area contributed by atoms with E-state index in [1.165, 1.54) is 0 Å². The first-order valence-corrected chi connectivity index (χ1v) is 6.93. The van der Waals surface area contributed by atoms with Gasteiger partial charge in [0.15, 0.2) is 5.79 Å². The molecular formula is C11H17BrO3. The predicted octanol–water partition coefficient (Wildman–Crippen LogP) is 1.53. The van der Waals surface area contributed by atoms with Crippen molar-refractivity contribution >= 4 is 15.9 Å². The second-order valence-electron chi connectivity index (χ2n) is 4.83. The zero-order valence-electron chi connectivity index (χ0n) is 8.69. The standard InChI is InChI=1S/C11H17BrO3/c12-4-3-8-10-7(1-2-9(10)13)11(8)14-5-6-15-11/h7-10,13H,1-6H2/t7-,8+,9?,10+/m0/s1. The third-order valence-corrected chi connectivity index (χ3v) is 4.80. The van der Waals surface area contributed by atoms with E-state index in [4.69, 9.17) is 9.47 Å². The van der Waals surface area contributed by atoms with Crippen LogP contribution in [0.5, 0.6) is 0 Å². The van der Waals surface area contributed by atoms with E-state index in [2.05, 4.69) is 15.9 Å². The van der Waals surface area contributed by atoms with Gasteiger partial charge in [0.1, 0.15) is 0 Å². The van der Waals surface area contributed by atoms with Gasteiger partial charge in [-0.3, -0.25) is 0 Å². The van der Waals surface area contributed by atoms with E-state index < -0.39 is 0 Å². The van der Waals surface area contributed by atoms with Crippen molar-refractivity contribution in [1.29, 1.82) is 0 Å². The number of fused-ring (bicyclic) bond motifs is 2. The minimum atomic E-state index is -0.323. The minimum absolute atomic E-state index is 0.127. The first kappa shape index (κ1) is 10.5. The molecule has 15 heavy (non-hydrogen) atoms. The largest absolute Gasteiger partial charge is 0.393 e. The van der Waals surface area contributed by atoms with Crippen LogP contribution in [0.4, 0.5) is 0 Å². The van der Waals surface area contributed by atoms with Gasteiger partial charge in [-0.25, -0.2) is 0 Å². The smallest absolute Gasteiger partial charge is 0.174 e. The fourth-order valence-corrected chi connectivity index (χ4v) is 4.32. The molecule has 0 bridgehead atoms. The number of hydrogen-bond donors (Lipinski definition) is 1. The van der Waals surface area contributed by atoms with Gasteiger partial charge in [-0.2, -0.15) is 0 Å². The average Bonchev–Trinajstić information content (AvgIpc) is 2.80. The molecule has 2 saturated carbocycles. The molecule has 3 aliphatic rings. The third-order valence-electron chi connectivity index (χ3n) is 4.34. The van der Waals surface area contributed by atoms with Crippen molar-refractivity contribution in [2.45, 2.75) is 31.2 Å². The molecule has 1 aliphatic heterocycles. The quantitative estimate of drug-likeness (QED) is 0.778. The molecule has 2 aliphatic carbocycles. The summed E-state index contributed by atoms with van der Waals surface area (Å²) in [5, 5.41) is 10.9. The summed E-state index contributed by atoms with van der Waals surface area (Å²) in [4.78, 5) is 0. The molecule has 3 nitrogen and oxygen atoms in total. The lowest BCUT2D eigenvalue weighted by molar-refractivity contribution is -0.320. The Bertz CT molecular complexity index is 252. The molecule has 1 saturated heterocycles. The number of hydrogen-bond acceptors (Lipinski definition) is 3. The van der Waals surface area contributed by atoms with Gasteiger partial charge in [-0.15, -0.1) is 0 Å².